The maximum absolute atomic E-state index is 5.83. The molecule has 1 saturated heterocycles. The Hall–Kier alpha value is -0.860. The quantitative estimate of drug-likeness (QED) is 0.840. The standard InChI is InChI=1S/C15H21NO/c1-2-4-12(5-3-1)8-10-16-14-9-11-17-15(14)13-6-7-13/h1-5,13-16H,6-11H2. The maximum atomic E-state index is 5.83. The third-order valence-corrected chi connectivity index (χ3v) is 3.89. The molecule has 1 aromatic rings. The molecule has 1 aliphatic carbocycles. The second kappa shape index (κ2) is 5.19. The van der Waals surface area contributed by atoms with E-state index in [1.807, 2.05) is 0 Å². The van der Waals surface area contributed by atoms with Crippen LogP contribution in [0.5, 0.6) is 0 Å². The minimum absolute atomic E-state index is 0.505. The second-order valence-corrected chi connectivity index (χ2v) is 5.26. The molecule has 1 aliphatic heterocycles. The molecule has 17 heavy (non-hydrogen) atoms. The largest absolute Gasteiger partial charge is 0.376 e. The molecule has 2 nitrogen and oxygen atoms in total. The number of ether oxygens (including phenoxy) is 1. The van der Waals surface area contributed by atoms with Crippen molar-refractivity contribution in [1.82, 2.24) is 5.32 Å². The highest BCUT2D eigenvalue weighted by atomic mass is 16.5. The molecular weight excluding hydrogens is 210 g/mol. The van der Waals surface area contributed by atoms with E-state index in [2.05, 4.69) is 35.6 Å². The molecule has 2 fully saturated rings. The van der Waals surface area contributed by atoms with Crippen molar-refractivity contribution in [3.05, 3.63) is 35.9 Å². The number of benzene rings is 1. The van der Waals surface area contributed by atoms with Gasteiger partial charge in [-0.2, -0.15) is 0 Å². The molecule has 3 rings (SSSR count). The molecule has 1 saturated carbocycles. The van der Waals surface area contributed by atoms with E-state index >= 15 is 0 Å². The molecule has 92 valence electrons. The minimum Gasteiger partial charge on any atom is -0.376 e. The van der Waals surface area contributed by atoms with Crippen LogP contribution >= 0.6 is 0 Å². The van der Waals surface area contributed by atoms with Crippen molar-refractivity contribution in [2.45, 2.75) is 37.8 Å². The van der Waals surface area contributed by atoms with Gasteiger partial charge in [0.2, 0.25) is 0 Å². The van der Waals surface area contributed by atoms with Gasteiger partial charge in [-0.3, -0.25) is 0 Å². The van der Waals surface area contributed by atoms with Crippen molar-refractivity contribution in [3.63, 3.8) is 0 Å². The number of rotatable bonds is 5. The van der Waals surface area contributed by atoms with E-state index < -0.39 is 0 Å². The summed E-state index contributed by atoms with van der Waals surface area (Å²) in [6, 6.07) is 11.3. The van der Waals surface area contributed by atoms with Gasteiger partial charge in [0.25, 0.3) is 0 Å². The van der Waals surface area contributed by atoms with Crippen LogP contribution in [0.2, 0.25) is 0 Å². The first kappa shape index (κ1) is 11.2. The van der Waals surface area contributed by atoms with Crippen LogP contribution in [0, 0.1) is 5.92 Å². The normalized spacial score (nSPS) is 28.5. The van der Waals surface area contributed by atoms with Crippen LogP contribution in [-0.2, 0) is 11.2 Å². The van der Waals surface area contributed by atoms with Gasteiger partial charge in [0.15, 0.2) is 0 Å². The lowest BCUT2D eigenvalue weighted by Gasteiger charge is -2.19. The summed E-state index contributed by atoms with van der Waals surface area (Å²) in [6.07, 6.45) is 5.57. The number of hydrogen-bond donors (Lipinski definition) is 1. The molecule has 0 amide bonds. The average molecular weight is 231 g/mol. The van der Waals surface area contributed by atoms with Crippen LogP contribution < -0.4 is 5.32 Å². The molecular formula is C15H21NO. The van der Waals surface area contributed by atoms with Crippen LogP contribution in [0.25, 0.3) is 0 Å². The Labute approximate surface area is 103 Å². The topological polar surface area (TPSA) is 21.3 Å². The minimum atomic E-state index is 0.505. The molecule has 2 heteroatoms. The van der Waals surface area contributed by atoms with E-state index in [1.165, 1.54) is 24.8 Å². The van der Waals surface area contributed by atoms with Gasteiger partial charge in [0, 0.05) is 12.6 Å². The Balaban J connectivity index is 1.44. The molecule has 2 aliphatic rings. The molecule has 0 bridgehead atoms. The molecule has 1 aromatic carbocycles. The zero-order valence-corrected chi connectivity index (χ0v) is 10.3. The first-order chi connectivity index (χ1) is 8.43. The highest BCUT2D eigenvalue weighted by molar-refractivity contribution is 5.14. The molecule has 1 N–H and O–H groups in total. The monoisotopic (exact) mass is 231 g/mol. The highest BCUT2D eigenvalue weighted by Crippen LogP contribution is 2.38. The third kappa shape index (κ3) is 2.88. The Kier molecular flexibility index (Phi) is 3.44. The molecule has 0 aromatic heterocycles. The zero-order chi connectivity index (χ0) is 11.5. The SMILES string of the molecule is c1ccc(CCNC2CCOC2C2CC2)cc1. The van der Waals surface area contributed by atoms with Gasteiger partial charge in [-0.15, -0.1) is 0 Å². The van der Waals surface area contributed by atoms with Crippen molar-refractivity contribution in [2.24, 2.45) is 5.92 Å². The van der Waals surface area contributed by atoms with Crippen LogP contribution in [0.4, 0.5) is 0 Å². The van der Waals surface area contributed by atoms with Crippen molar-refractivity contribution in [3.8, 4) is 0 Å². The summed E-state index contributed by atoms with van der Waals surface area (Å²) in [7, 11) is 0. The lowest BCUT2D eigenvalue weighted by atomic mass is 10.1. The van der Waals surface area contributed by atoms with Gasteiger partial charge in [-0.1, -0.05) is 30.3 Å². The number of nitrogens with one attached hydrogen (secondary N) is 1. The summed E-state index contributed by atoms with van der Waals surface area (Å²) in [6.45, 7) is 2.02. The smallest absolute Gasteiger partial charge is 0.0756 e. The van der Waals surface area contributed by atoms with E-state index in [4.69, 9.17) is 4.74 Å². The summed E-state index contributed by atoms with van der Waals surface area (Å²) >= 11 is 0. The predicted molar refractivity (Wildman–Crippen MR) is 69.0 cm³/mol. The van der Waals surface area contributed by atoms with Crippen molar-refractivity contribution in [1.29, 1.82) is 0 Å². The Morgan fingerprint density at radius 2 is 1.94 bits per heavy atom. The zero-order valence-electron chi connectivity index (χ0n) is 10.3. The molecule has 0 radical (unpaired) electrons. The van der Waals surface area contributed by atoms with Crippen LogP contribution in [-0.4, -0.2) is 25.3 Å². The van der Waals surface area contributed by atoms with Gasteiger partial charge < -0.3 is 10.1 Å². The van der Waals surface area contributed by atoms with Crippen molar-refractivity contribution >= 4 is 0 Å². The molecule has 0 spiro atoms. The lowest BCUT2D eigenvalue weighted by Crippen LogP contribution is -2.38. The first-order valence-electron chi connectivity index (χ1n) is 6.82. The first-order valence-corrected chi connectivity index (χ1v) is 6.82. The van der Waals surface area contributed by atoms with Gasteiger partial charge in [-0.05, 0) is 43.7 Å². The summed E-state index contributed by atoms with van der Waals surface area (Å²) in [4.78, 5) is 0. The molecule has 2 atom stereocenters. The number of hydrogen-bond acceptors (Lipinski definition) is 2. The summed E-state index contributed by atoms with van der Waals surface area (Å²) in [5, 5.41) is 3.68. The Bertz CT molecular complexity index is 347. The van der Waals surface area contributed by atoms with E-state index in [0.717, 1.165) is 25.5 Å². The predicted octanol–water partition coefficient (Wildman–Crippen LogP) is 2.39. The maximum Gasteiger partial charge on any atom is 0.0756 e. The average Bonchev–Trinajstić information content (AvgIpc) is 3.11. The van der Waals surface area contributed by atoms with Crippen LogP contribution in [0.1, 0.15) is 24.8 Å². The fraction of sp³-hybridized carbons (Fsp3) is 0.600. The Morgan fingerprint density at radius 3 is 2.71 bits per heavy atom. The second-order valence-electron chi connectivity index (χ2n) is 5.26. The summed E-state index contributed by atoms with van der Waals surface area (Å²) < 4.78 is 5.83. The molecule has 2 unspecified atom stereocenters. The van der Waals surface area contributed by atoms with Crippen LogP contribution in [0.3, 0.4) is 0 Å². The highest BCUT2D eigenvalue weighted by Gasteiger charge is 2.40. The van der Waals surface area contributed by atoms with Gasteiger partial charge in [0.1, 0.15) is 0 Å². The summed E-state index contributed by atoms with van der Waals surface area (Å²) in [5.41, 5.74) is 1.42. The fourth-order valence-electron chi connectivity index (χ4n) is 2.77. The lowest BCUT2D eigenvalue weighted by molar-refractivity contribution is 0.0813. The van der Waals surface area contributed by atoms with E-state index in [1.54, 1.807) is 0 Å². The summed E-state index contributed by atoms with van der Waals surface area (Å²) in [5.74, 6) is 0.853. The Morgan fingerprint density at radius 1 is 1.12 bits per heavy atom. The van der Waals surface area contributed by atoms with Gasteiger partial charge >= 0.3 is 0 Å². The van der Waals surface area contributed by atoms with Crippen molar-refractivity contribution < 1.29 is 4.74 Å². The third-order valence-electron chi connectivity index (χ3n) is 3.89. The fourth-order valence-corrected chi connectivity index (χ4v) is 2.77. The van der Waals surface area contributed by atoms with E-state index in [9.17, 15) is 0 Å². The van der Waals surface area contributed by atoms with Gasteiger partial charge in [-0.25, -0.2) is 0 Å². The van der Waals surface area contributed by atoms with Crippen molar-refractivity contribution in [2.75, 3.05) is 13.2 Å². The van der Waals surface area contributed by atoms with E-state index in [-0.39, 0.29) is 0 Å². The van der Waals surface area contributed by atoms with Crippen LogP contribution in [0.15, 0.2) is 30.3 Å². The van der Waals surface area contributed by atoms with E-state index in [0.29, 0.717) is 12.1 Å². The molecule has 1 heterocycles. The van der Waals surface area contributed by atoms with Gasteiger partial charge in [0.05, 0.1) is 6.10 Å².